The second-order valence-electron chi connectivity index (χ2n) is 9.31. The Kier molecular flexibility index (Phi) is 6.41. The number of urea groups is 1. The Morgan fingerprint density at radius 3 is 2.31 bits per heavy atom. The van der Waals surface area contributed by atoms with E-state index in [0.717, 1.165) is 32.1 Å². The molecule has 8 heteroatoms. The first-order valence-electron chi connectivity index (χ1n) is 11.0. The van der Waals surface area contributed by atoms with Gasteiger partial charge in [-0.3, -0.25) is 9.69 Å². The average molecular weight is 409 g/mol. The normalized spacial score (nSPS) is 28.8. The van der Waals surface area contributed by atoms with Gasteiger partial charge in [0.15, 0.2) is 0 Å². The van der Waals surface area contributed by atoms with Crippen LogP contribution in [-0.2, 0) is 9.53 Å². The van der Waals surface area contributed by atoms with Gasteiger partial charge in [-0.1, -0.05) is 27.2 Å². The van der Waals surface area contributed by atoms with E-state index in [1.54, 1.807) is 11.8 Å². The maximum Gasteiger partial charge on any atom is 0.409 e. The quantitative estimate of drug-likeness (QED) is 0.707. The minimum Gasteiger partial charge on any atom is -0.450 e. The molecule has 2 aliphatic heterocycles. The maximum atomic E-state index is 13.2. The third kappa shape index (κ3) is 4.37. The highest BCUT2D eigenvalue weighted by Gasteiger charge is 2.53. The van der Waals surface area contributed by atoms with Crippen molar-refractivity contribution in [1.82, 2.24) is 20.0 Å². The average Bonchev–Trinajstić information content (AvgIpc) is 2.93. The van der Waals surface area contributed by atoms with Gasteiger partial charge in [-0.15, -0.1) is 0 Å². The Labute approximate surface area is 173 Å². The van der Waals surface area contributed by atoms with Crippen LogP contribution in [0.1, 0.15) is 59.8 Å². The van der Waals surface area contributed by atoms with Crippen LogP contribution in [0.2, 0.25) is 0 Å². The van der Waals surface area contributed by atoms with Crippen LogP contribution in [0, 0.1) is 11.3 Å². The smallest absolute Gasteiger partial charge is 0.409 e. The van der Waals surface area contributed by atoms with Crippen LogP contribution < -0.4 is 5.32 Å². The molecule has 3 fully saturated rings. The molecule has 0 aromatic rings. The van der Waals surface area contributed by atoms with E-state index in [9.17, 15) is 14.4 Å². The molecule has 164 valence electrons. The van der Waals surface area contributed by atoms with E-state index >= 15 is 0 Å². The summed E-state index contributed by atoms with van der Waals surface area (Å²) in [5.74, 6) is 0.510. The van der Waals surface area contributed by atoms with Crippen molar-refractivity contribution in [2.24, 2.45) is 11.3 Å². The SMILES string of the molecule is CCOC(=O)N1CCN(CN2C(=O)NC3(CCC(C(C)(C)CC)CC3)C2=O)CC1. The molecule has 2 saturated heterocycles. The van der Waals surface area contributed by atoms with Gasteiger partial charge in [-0.25, -0.2) is 14.5 Å². The van der Waals surface area contributed by atoms with Crippen molar-refractivity contribution in [3.05, 3.63) is 0 Å². The lowest BCUT2D eigenvalue weighted by atomic mass is 9.65. The summed E-state index contributed by atoms with van der Waals surface area (Å²) in [4.78, 5) is 42.7. The highest BCUT2D eigenvalue weighted by atomic mass is 16.6. The molecule has 29 heavy (non-hydrogen) atoms. The number of piperazine rings is 1. The molecule has 1 aliphatic carbocycles. The molecule has 4 amide bonds. The zero-order valence-corrected chi connectivity index (χ0v) is 18.3. The number of imide groups is 1. The standard InChI is InChI=1S/C21H36N4O4/c1-5-20(3,4)16-7-9-21(10-8-16)17(26)25(18(27)22-21)15-23-11-13-24(14-12-23)19(28)29-6-2/h16H,5-15H2,1-4H3,(H,22,27). The predicted molar refractivity (Wildman–Crippen MR) is 109 cm³/mol. The Bertz CT molecular complexity index is 635. The third-order valence-electron chi connectivity index (χ3n) is 7.34. The summed E-state index contributed by atoms with van der Waals surface area (Å²) in [5.41, 5.74) is -0.449. The third-order valence-corrected chi connectivity index (χ3v) is 7.34. The van der Waals surface area contributed by atoms with Crippen LogP contribution in [0.5, 0.6) is 0 Å². The van der Waals surface area contributed by atoms with Crippen LogP contribution >= 0.6 is 0 Å². The first-order valence-corrected chi connectivity index (χ1v) is 11.0. The maximum absolute atomic E-state index is 13.2. The number of carbonyl (C=O) groups excluding carboxylic acids is 3. The van der Waals surface area contributed by atoms with Crippen LogP contribution in [0.3, 0.4) is 0 Å². The summed E-state index contributed by atoms with van der Waals surface area (Å²) < 4.78 is 5.04. The molecule has 3 rings (SSSR count). The van der Waals surface area contributed by atoms with Gasteiger partial charge in [0, 0.05) is 26.2 Å². The van der Waals surface area contributed by atoms with Crippen molar-refractivity contribution >= 4 is 18.0 Å². The van der Waals surface area contributed by atoms with E-state index in [2.05, 4.69) is 31.0 Å². The minimum atomic E-state index is -0.718. The second-order valence-corrected chi connectivity index (χ2v) is 9.31. The number of hydrogen-bond acceptors (Lipinski definition) is 5. The number of rotatable bonds is 5. The monoisotopic (exact) mass is 408 g/mol. The summed E-state index contributed by atoms with van der Waals surface area (Å²) >= 11 is 0. The molecule has 0 atom stereocenters. The van der Waals surface area contributed by atoms with Gasteiger partial charge in [0.25, 0.3) is 5.91 Å². The van der Waals surface area contributed by atoms with Crippen LogP contribution in [0.25, 0.3) is 0 Å². The summed E-state index contributed by atoms with van der Waals surface area (Å²) in [6, 6.07) is -0.281. The van der Waals surface area contributed by atoms with Gasteiger partial charge in [0.2, 0.25) is 0 Å². The van der Waals surface area contributed by atoms with Gasteiger partial charge >= 0.3 is 12.1 Å². The first-order chi connectivity index (χ1) is 13.7. The Morgan fingerprint density at radius 1 is 1.14 bits per heavy atom. The van der Waals surface area contributed by atoms with Crippen LogP contribution in [0.15, 0.2) is 0 Å². The molecule has 1 N–H and O–H groups in total. The van der Waals surface area contributed by atoms with E-state index in [-0.39, 0.29) is 30.1 Å². The molecule has 1 saturated carbocycles. The fourth-order valence-corrected chi connectivity index (χ4v) is 4.81. The van der Waals surface area contributed by atoms with E-state index < -0.39 is 5.54 Å². The summed E-state index contributed by atoms with van der Waals surface area (Å²) in [6.45, 7) is 11.6. The number of nitrogens with zero attached hydrogens (tertiary/aromatic N) is 3. The highest BCUT2D eigenvalue weighted by molar-refractivity contribution is 6.07. The first kappa shape index (κ1) is 21.9. The van der Waals surface area contributed by atoms with Crippen LogP contribution in [0.4, 0.5) is 9.59 Å². The van der Waals surface area contributed by atoms with E-state index in [1.807, 2.05) is 0 Å². The van der Waals surface area contributed by atoms with Crippen molar-refractivity contribution in [2.75, 3.05) is 39.5 Å². The van der Waals surface area contributed by atoms with Crippen molar-refractivity contribution in [2.45, 2.75) is 65.3 Å². The van der Waals surface area contributed by atoms with E-state index in [1.165, 1.54) is 4.90 Å². The van der Waals surface area contributed by atoms with Crippen LogP contribution in [-0.4, -0.2) is 77.7 Å². The minimum absolute atomic E-state index is 0.0805. The van der Waals surface area contributed by atoms with E-state index in [4.69, 9.17) is 4.74 Å². The topological polar surface area (TPSA) is 82.2 Å². The Balaban J connectivity index is 1.55. The fraction of sp³-hybridized carbons (Fsp3) is 0.857. The molecule has 1 spiro atoms. The second kappa shape index (κ2) is 8.50. The van der Waals surface area contributed by atoms with Gasteiger partial charge in [0.1, 0.15) is 5.54 Å². The van der Waals surface area contributed by atoms with E-state index in [0.29, 0.717) is 38.7 Å². The lowest BCUT2D eigenvalue weighted by Crippen LogP contribution is -2.54. The zero-order valence-electron chi connectivity index (χ0n) is 18.3. The molecular weight excluding hydrogens is 372 g/mol. The predicted octanol–water partition coefficient (Wildman–Crippen LogP) is 2.64. The highest BCUT2D eigenvalue weighted by Crippen LogP contribution is 2.45. The van der Waals surface area contributed by atoms with Gasteiger partial charge in [-0.05, 0) is 43.9 Å². The van der Waals surface area contributed by atoms with Gasteiger partial charge < -0.3 is 15.0 Å². The largest absolute Gasteiger partial charge is 0.450 e. The van der Waals surface area contributed by atoms with Crippen molar-refractivity contribution in [3.63, 3.8) is 0 Å². The molecular formula is C21H36N4O4. The fourth-order valence-electron chi connectivity index (χ4n) is 4.81. The lowest BCUT2D eigenvalue weighted by Gasteiger charge is -2.42. The summed E-state index contributed by atoms with van der Waals surface area (Å²) in [7, 11) is 0. The molecule has 8 nitrogen and oxygen atoms in total. The number of nitrogens with one attached hydrogen (secondary N) is 1. The number of ether oxygens (including phenoxy) is 1. The molecule has 0 unspecified atom stereocenters. The molecule has 0 radical (unpaired) electrons. The molecule has 0 aromatic carbocycles. The van der Waals surface area contributed by atoms with Gasteiger partial charge in [-0.2, -0.15) is 0 Å². The molecule has 2 heterocycles. The molecule has 3 aliphatic rings. The summed E-state index contributed by atoms with van der Waals surface area (Å²) in [5, 5.41) is 3.02. The van der Waals surface area contributed by atoms with Gasteiger partial charge in [0.05, 0.1) is 13.3 Å². The zero-order chi connectivity index (χ0) is 21.2. The summed E-state index contributed by atoms with van der Waals surface area (Å²) in [6.07, 6.45) is 4.21. The Hall–Kier alpha value is -1.83. The molecule has 0 aromatic heterocycles. The lowest BCUT2D eigenvalue weighted by molar-refractivity contribution is -0.134. The number of hydrogen-bond donors (Lipinski definition) is 1. The molecule has 0 bridgehead atoms. The van der Waals surface area contributed by atoms with Crippen molar-refractivity contribution in [3.8, 4) is 0 Å². The van der Waals surface area contributed by atoms with Crippen molar-refractivity contribution in [1.29, 1.82) is 0 Å². The Morgan fingerprint density at radius 2 is 1.76 bits per heavy atom. The number of amides is 4. The van der Waals surface area contributed by atoms with Crippen molar-refractivity contribution < 1.29 is 19.1 Å². The number of carbonyl (C=O) groups is 3.